The summed E-state index contributed by atoms with van der Waals surface area (Å²) in [5, 5.41) is 0.0677. The van der Waals surface area contributed by atoms with Crippen LogP contribution in [0.5, 0.6) is 0 Å². The van der Waals surface area contributed by atoms with Gasteiger partial charge < -0.3 is 4.90 Å². The van der Waals surface area contributed by atoms with E-state index in [0.717, 1.165) is 6.20 Å². The highest BCUT2D eigenvalue weighted by Gasteiger charge is 2.28. The summed E-state index contributed by atoms with van der Waals surface area (Å²) < 4.78 is 27.2. The van der Waals surface area contributed by atoms with Crippen molar-refractivity contribution >= 4 is 27.5 Å². The van der Waals surface area contributed by atoms with E-state index in [9.17, 15) is 13.2 Å². The monoisotopic (exact) mass is 333 g/mol. The Kier molecular flexibility index (Phi) is 6.12. The molecule has 1 N–H and O–H groups in total. The zero-order valence-electron chi connectivity index (χ0n) is 12.5. The number of pyridine rings is 1. The third-order valence-electron chi connectivity index (χ3n) is 2.77. The normalized spacial score (nSPS) is 13.2. The minimum atomic E-state index is -3.91. The number of nitrogens with one attached hydrogen (secondary N) is 1. The summed E-state index contributed by atoms with van der Waals surface area (Å²) >= 11 is 5.89. The molecular weight excluding hydrogens is 314 g/mol. The van der Waals surface area contributed by atoms with Gasteiger partial charge >= 0.3 is 0 Å². The molecular formula is C13H20ClN3O3S. The SMILES string of the molecule is CC(C)CC(NS(=O)(=O)c1cnccc1Cl)C(=O)N(C)C. The first-order valence-corrected chi connectivity index (χ1v) is 8.34. The molecule has 6 nitrogen and oxygen atoms in total. The minimum absolute atomic E-state index is 0.0677. The maximum atomic E-state index is 12.4. The molecule has 1 rings (SSSR count). The summed E-state index contributed by atoms with van der Waals surface area (Å²) in [5.41, 5.74) is 0. The lowest BCUT2D eigenvalue weighted by atomic mass is 10.0. The Labute approximate surface area is 130 Å². The highest BCUT2D eigenvalue weighted by molar-refractivity contribution is 7.89. The van der Waals surface area contributed by atoms with Crippen LogP contribution in [0.3, 0.4) is 0 Å². The summed E-state index contributed by atoms with van der Waals surface area (Å²) in [5.74, 6) is -0.141. The third-order valence-corrected chi connectivity index (χ3v) is 4.71. The molecule has 0 aromatic carbocycles. The van der Waals surface area contributed by atoms with Gasteiger partial charge in [0, 0.05) is 26.5 Å². The van der Waals surface area contributed by atoms with Crippen molar-refractivity contribution in [1.29, 1.82) is 0 Å². The summed E-state index contributed by atoms with van der Waals surface area (Å²) in [7, 11) is -0.738. The van der Waals surface area contributed by atoms with Crippen LogP contribution in [-0.2, 0) is 14.8 Å². The fourth-order valence-electron chi connectivity index (χ4n) is 1.79. The van der Waals surface area contributed by atoms with Gasteiger partial charge in [0.2, 0.25) is 15.9 Å². The second-order valence-corrected chi connectivity index (χ2v) is 7.43. The molecule has 8 heteroatoms. The van der Waals surface area contributed by atoms with Crippen LogP contribution in [0.2, 0.25) is 5.02 Å². The number of rotatable bonds is 6. The predicted molar refractivity (Wildman–Crippen MR) is 81.5 cm³/mol. The van der Waals surface area contributed by atoms with Gasteiger partial charge in [-0.1, -0.05) is 25.4 Å². The van der Waals surface area contributed by atoms with E-state index in [0.29, 0.717) is 6.42 Å². The van der Waals surface area contributed by atoms with E-state index < -0.39 is 16.1 Å². The quantitative estimate of drug-likeness (QED) is 0.856. The van der Waals surface area contributed by atoms with Crippen molar-refractivity contribution in [2.24, 2.45) is 5.92 Å². The zero-order chi connectivity index (χ0) is 16.2. The maximum Gasteiger partial charge on any atom is 0.244 e. The number of amides is 1. The Morgan fingerprint density at radius 1 is 1.43 bits per heavy atom. The number of aromatic nitrogens is 1. The van der Waals surface area contributed by atoms with E-state index >= 15 is 0 Å². The van der Waals surface area contributed by atoms with Crippen LogP contribution in [0, 0.1) is 5.92 Å². The molecule has 1 atom stereocenters. The molecule has 0 aliphatic carbocycles. The molecule has 0 fully saturated rings. The van der Waals surface area contributed by atoms with E-state index in [1.54, 1.807) is 14.1 Å². The lowest BCUT2D eigenvalue weighted by molar-refractivity contribution is -0.130. The summed E-state index contributed by atoms with van der Waals surface area (Å²) in [6.45, 7) is 3.84. The molecule has 118 valence electrons. The maximum absolute atomic E-state index is 12.4. The van der Waals surface area contributed by atoms with E-state index in [-0.39, 0.29) is 21.7 Å². The molecule has 0 saturated carbocycles. The fraction of sp³-hybridized carbons (Fsp3) is 0.538. The first kappa shape index (κ1) is 17.9. The molecule has 0 aliphatic rings. The number of sulfonamides is 1. The first-order chi connectivity index (χ1) is 9.65. The van der Waals surface area contributed by atoms with E-state index in [4.69, 9.17) is 11.6 Å². The first-order valence-electron chi connectivity index (χ1n) is 6.48. The lowest BCUT2D eigenvalue weighted by Crippen LogP contribution is -2.46. The molecule has 1 heterocycles. The highest BCUT2D eigenvalue weighted by Crippen LogP contribution is 2.20. The largest absolute Gasteiger partial charge is 0.347 e. The minimum Gasteiger partial charge on any atom is -0.347 e. The van der Waals surface area contributed by atoms with Crippen molar-refractivity contribution in [1.82, 2.24) is 14.6 Å². The Morgan fingerprint density at radius 2 is 2.05 bits per heavy atom. The van der Waals surface area contributed by atoms with Crippen LogP contribution < -0.4 is 4.72 Å². The number of likely N-dealkylation sites (N-methyl/N-ethyl adjacent to an activating group) is 1. The summed E-state index contributed by atoms with van der Waals surface area (Å²) in [6.07, 6.45) is 2.96. The van der Waals surface area contributed by atoms with Crippen molar-refractivity contribution < 1.29 is 13.2 Å². The molecule has 0 bridgehead atoms. The van der Waals surface area contributed by atoms with Gasteiger partial charge in [-0.05, 0) is 18.4 Å². The van der Waals surface area contributed by atoms with Gasteiger partial charge in [0.15, 0.2) is 0 Å². The van der Waals surface area contributed by atoms with Crippen LogP contribution in [0.25, 0.3) is 0 Å². The van der Waals surface area contributed by atoms with Crippen molar-refractivity contribution in [3.63, 3.8) is 0 Å². The second-order valence-electron chi connectivity index (χ2n) is 5.34. The summed E-state index contributed by atoms with van der Waals surface area (Å²) in [4.78, 5) is 17.1. The van der Waals surface area contributed by atoms with Crippen molar-refractivity contribution in [2.45, 2.75) is 31.2 Å². The zero-order valence-corrected chi connectivity index (χ0v) is 14.1. The molecule has 0 radical (unpaired) electrons. The highest BCUT2D eigenvalue weighted by atomic mass is 35.5. The van der Waals surface area contributed by atoms with Crippen molar-refractivity contribution in [2.75, 3.05) is 14.1 Å². The topological polar surface area (TPSA) is 79.4 Å². The van der Waals surface area contributed by atoms with Gasteiger partial charge in [-0.3, -0.25) is 9.78 Å². The number of carbonyl (C=O) groups excluding carboxylic acids is 1. The molecule has 21 heavy (non-hydrogen) atoms. The van der Waals surface area contributed by atoms with E-state index in [1.165, 1.54) is 17.2 Å². The third kappa shape index (κ3) is 4.94. The van der Waals surface area contributed by atoms with Crippen LogP contribution in [-0.4, -0.2) is 44.3 Å². The van der Waals surface area contributed by atoms with Crippen LogP contribution in [0.15, 0.2) is 23.4 Å². The average Bonchev–Trinajstić information content (AvgIpc) is 2.36. The number of nitrogens with zero attached hydrogens (tertiary/aromatic N) is 2. The Morgan fingerprint density at radius 3 is 2.52 bits per heavy atom. The van der Waals surface area contributed by atoms with Gasteiger partial charge in [-0.2, -0.15) is 4.72 Å². The summed E-state index contributed by atoms with van der Waals surface area (Å²) in [6, 6.07) is 0.558. The Bertz CT molecular complexity index is 602. The number of halogens is 1. The van der Waals surface area contributed by atoms with Gasteiger partial charge in [0.05, 0.1) is 5.02 Å². The van der Waals surface area contributed by atoms with Crippen LogP contribution >= 0.6 is 11.6 Å². The van der Waals surface area contributed by atoms with Gasteiger partial charge in [-0.15, -0.1) is 0 Å². The van der Waals surface area contributed by atoms with Gasteiger partial charge in [-0.25, -0.2) is 8.42 Å². The predicted octanol–water partition coefficient (Wildman–Crippen LogP) is 1.52. The average molecular weight is 334 g/mol. The molecule has 1 amide bonds. The molecule has 1 aromatic heterocycles. The van der Waals surface area contributed by atoms with Crippen molar-refractivity contribution in [3.8, 4) is 0 Å². The number of hydrogen-bond donors (Lipinski definition) is 1. The smallest absolute Gasteiger partial charge is 0.244 e. The van der Waals surface area contributed by atoms with Crippen molar-refractivity contribution in [3.05, 3.63) is 23.5 Å². The Balaban J connectivity index is 3.07. The lowest BCUT2D eigenvalue weighted by Gasteiger charge is -2.23. The standard InChI is InChI=1S/C13H20ClN3O3S/c1-9(2)7-11(13(18)17(3)4)16-21(19,20)12-8-15-6-5-10(12)14/h5-6,8-9,11,16H,7H2,1-4H3. The number of carbonyl (C=O) groups is 1. The molecule has 0 aliphatic heterocycles. The molecule has 0 spiro atoms. The van der Waals surface area contributed by atoms with E-state index in [1.807, 2.05) is 13.8 Å². The molecule has 0 saturated heterocycles. The molecule has 1 unspecified atom stereocenters. The van der Waals surface area contributed by atoms with Gasteiger partial charge in [0.25, 0.3) is 0 Å². The fourth-order valence-corrected chi connectivity index (χ4v) is 3.43. The Hall–Kier alpha value is -1.18. The number of hydrogen-bond acceptors (Lipinski definition) is 4. The van der Waals surface area contributed by atoms with Crippen LogP contribution in [0.1, 0.15) is 20.3 Å². The van der Waals surface area contributed by atoms with Gasteiger partial charge in [0.1, 0.15) is 10.9 Å². The molecule has 1 aromatic rings. The van der Waals surface area contributed by atoms with Crippen LogP contribution in [0.4, 0.5) is 0 Å². The van der Waals surface area contributed by atoms with E-state index in [2.05, 4.69) is 9.71 Å². The second kappa shape index (κ2) is 7.20.